The van der Waals surface area contributed by atoms with Crippen molar-refractivity contribution in [2.45, 2.75) is 18.8 Å². The Morgan fingerprint density at radius 2 is 2.00 bits per heavy atom. The van der Waals surface area contributed by atoms with E-state index in [0.29, 0.717) is 35.5 Å². The van der Waals surface area contributed by atoms with Crippen LogP contribution in [0.5, 0.6) is 5.75 Å². The van der Waals surface area contributed by atoms with Crippen LogP contribution in [0.15, 0.2) is 54.6 Å². The van der Waals surface area contributed by atoms with Crippen molar-refractivity contribution in [1.82, 2.24) is 19.9 Å². The third-order valence-corrected chi connectivity index (χ3v) is 4.95. The predicted octanol–water partition coefficient (Wildman–Crippen LogP) is 3.95. The van der Waals surface area contributed by atoms with Gasteiger partial charge in [0.25, 0.3) is 5.91 Å². The number of para-hydroxylation sites is 1. The molecule has 0 atom stereocenters. The molecule has 1 aliphatic rings. The highest BCUT2D eigenvalue weighted by Gasteiger charge is 2.35. The molecule has 4 rings (SSSR count). The van der Waals surface area contributed by atoms with Crippen LogP contribution in [0.25, 0.3) is 5.69 Å². The van der Waals surface area contributed by atoms with Crippen LogP contribution < -0.4 is 4.74 Å². The maximum Gasteiger partial charge on any atom is 0.276 e. The highest BCUT2D eigenvalue weighted by Crippen LogP contribution is 2.42. The van der Waals surface area contributed by atoms with Crippen molar-refractivity contribution >= 4 is 17.5 Å². The van der Waals surface area contributed by atoms with Gasteiger partial charge in [0.15, 0.2) is 5.69 Å². The number of ether oxygens (including phenoxy) is 1. The van der Waals surface area contributed by atoms with E-state index in [-0.39, 0.29) is 5.91 Å². The van der Waals surface area contributed by atoms with E-state index in [2.05, 4.69) is 10.3 Å². The smallest absolute Gasteiger partial charge is 0.276 e. The summed E-state index contributed by atoms with van der Waals surface area (Å²) in [6.45, 7) is 0.807. The number of carbonyl (C=O) groups excluding carboxylic acids is 1. The molecule has 1 heterocycles. The molecule has 0 saturated heterocycles. The molecule has 0 N–H and O–H groups in total. The first-order chi connectivity index (χ1) is 13.6. The Labute approximate surface area is 168 Å². The van der Waals surface area contributed by atoms with Gasteiger partial charge in [-0.05, 0) is 43.2 Å². The van der Waals surface area contributed by atoms with Crippen LogP contribution in [0, 0.1) is 0 Å². The van der Waals surface area contributed by atoms with E-state index in [1.165, 1.54) is 0 Å². The summed E-state index contributed by atoms with van der Waals surface area (Å²) in [5.41, 5.74) is 2.25. The summed E-state index contributed by atoms with van der Waals surface area (Å²) in [4.78, 5) is 14.6. The standard InChI is InChI=1S/C21H21ClN4O2/c1-25(12-13-28-18-9-5-6-16(22)14-18)21(27)19-20(15-10-11-15)26(24-23-19)17-7-3-2-4-8-17/h2-9,14-15H,10-13H2,1H3. The van der Waals surface area contributed by atoms with Crippen LogP contribution in [-0.2, 0) is 0 Å². The van der Waals surface area contributed by atoms with Crippen molar-refractivity contribution in [3.8, 4) is 11.4 Å². The van der Waals surface area contributed by atoms with Crippen LogP contribution in [0.4, 0.5) is 0 Å². The van der Waals surface area contributed by atoms with Gasteiger partial charge in [0.05, 0.1) is 17.9 Å². The fourth-order valence-corrected chi connectivity index (χ4v) is 3.24. The topological polar surface area (TPSA) is 60.2 Å². The number of likely N-dealkylation sites (N-methyl/N-ethyl adjacent to an activating group) is 1. The van der Waals surface area contributed by atoms with Gasteiger partial charge < -0.3 is 9.64 Å². The minimum absolute atomic E-state index is 0.140. The molecular formula is C21H21ClN4O2. The number of hydrogen-bond acceptors (Lipinski definition) is 4. The summed E-state index contributed by atoms with van der Waals surface area (Å²) in [5.74, 6) is 0.881. The molecule has 7 heteroatoms. The SMILES string of the molecule is CN(CCOc1cccc(Cl)c1)C(=O)c1nnn(-c2ccccc2)c1C1CC1. The maximum absolute atomic E-state index is 13.0. The molecule has 28 heavy (non-hydrogen) atoms. The third kappa shape index (κ3) is 4.02. The van der Waals surface area contributed by atoms with E-state index in [1.807, 2.05) is 42.5 Å². The first-order valence-corrected chi connectivity index (χ1v) is 9.66. The first-order valence-electron chi connectivity index (χ1n) is 9.28. The molecule has 2 aromatic carbocycles. The number of nitrogens with zero attached hydrogens (tertiary/aromatic N) is 4. The molecule has 3 aromatic rings. The lowest BCUT2D eigenvalue weighted by Gasteiger charge is -2.17. The highest BCUT2D eigenvalue weighted by atomic mass is 35.5. The lowest BCUT2D eigenvalue weighted by molar-refractivity contribution is 0.0766. The highest BCUT2D eigenvalue weighted by molar-refractivity contribution is 6.30. The van der Waals surface area contributed by atoms with E-state index < -0.39 is 0 Å². The van der Waals surface area contributed by atoms with Crippen molar-refractivity contribution in [2.24, 2.45) is 0 Å². The number of carbonyl (C=O) groups is 1. The van der Waals surface area contributed by atoms with E-state index >= 15 is 0 Å². The summed E-state index contributed by atoms with van der Waals surface area (Å²) in [6.07, 6.45) is 2.12. The van der Waals surface area contributed by atoms with Crippen LogP contribution >= 0.6 is 11.6 Å². The molecule has 1 aliphatic carbocycles. The predicted molar refractivity (Wildman–Crippen MR) is 107 cm³/mol. The second-order valence-electron chi connectivity index (χ2n) is 6.88. The van der Waals surface area contributed by atoms with Crippen molar-refractivity contribution in [2.75, 3.05) is 20.2 Å². The number of halogens is 1. The lowest BCUT2D eigenvalue weighted by Crippen LogP contribution is -2.31. The van der Waals surface area contributed by atoms with Crippen LogP contribution in [0.2, 0.25) is 5.02 Å². The number of benzene rings is 2. The van der Waals surface area contributed by atoms with Gasteiger partial charge in [-0.1, -0.05) is 41.1 Å². The normalized spacial score (nSPS) is 13.4. The fourth-order valence-electron chi connectivity index (χ4n) is 3.06. The van der Waals surface area contributed by atoms with Crippen LogP contribution in [0.3, 0.4) is 0 Å². The first kappa shape index (κ1) is 18.5. The Hall–Kier alpha value is -2.86. The van der Waals surface area contributed by atoms with E-state index in [4.69, 9.17) is 16.3 Å². The molecule has 0 unspecified atom stereocenters. The Balaban J connectivity index is 1.46. The molecule has 1 fully saturated rings. The van der Waals surface area contributed by atoms with Gasteiger partial charge in [-0.25, -0.2) is 4.68 Å². The molecule has 1 aromatic heterocycles. The number of hydrogen-bond donors (Lipinski definition) is 0. The molecule has 0 bridgehead atoms. The Kier molecular flexibility index (Phi) is 5.30. The zero-order valence-corrected chi connectivity index (χ0v) is 16.3. The van der Waals surface area contributed by atoms with Crippen molar-refractivity contribution in [1.29, 1.82) is 0 Å². The van der Waals surface area contributed by atoms with Gasteiger partial charge in [0.1, 0.15) is 12.4 Å². The third-order valence-electron chi connectivity index (χ3n) is 4.71. The van der Waals surface area contributed by atoms with Gasteiger partial charge in [0, 0.05) is 18.0 Å². The summed E-state index contributed by atoms with van der Waals surface area (Å²) >= 11 is 5.96. The summed E-state index contributed by atoms with van der Waals surface area (Å²) in [7, 11) is 1.75. The monoisotopic (exact) mass is 396 g/mol. The number of rotatable bonds is 7. The second kappa shape index (κ2) is 8.02. The van der Waals surface area contributed by atoms with Crippen molar-refractivity contribution < 1.29 is 9.53 Å². The molecule has 1 saturated carbocycles. The maximum atomic E-state index is 13.0. The second-order valence-corrected chi connectivity index (χ2v) is 7.31. The lowest BCUT2D eigenvalue weighted by atomic mass is 10.2. The van der Waals surface area contributed by atoms with Gasteiger partial charge in [-0.3, -0.25) is 4.79 Å². The van der Waals surface area contributed by atoms with Gasteiger partial charge in [-0.2, -0.15) is 0 Å². The Morgan fingerprint density at radius 1 is 1.21 bits per heavy atom. The fraction of sp³-hybridized carbons (Fsp3) is 0.286. The van der Waals surface area contributed by atoms with Crippen LogP contribution in [0.1, 0.15) is 34.9 Å². The molecule has 1 amide bonds. The molecule has 0 spiro atoms. The minimum atomic E-state index is -0.140. The molecular weight excluding hydrogens is 376 g/mol. The number of amides is 1. The van der Waals surface area contributed by atoms with Crippen LogP contribution in [-0.4, -0.2) is 46.0 Å². The van der Waals surface area contributed by atoms with E-state index in [0.717, 1.165) is 24.2 Å². The Bertz CT molecular complexity index is 970. The zero-order chi connectivity index (χ0) is 19.5. The quantitative estimate of drug-likeness (QED) is 0.606. The van der Waals surface area contributed by atoms with E-state index in [9.17, 15) is 4.79 Å². The van der Waals surface area contributed by atoms with Gasteiger partial charge >= 0.3 is 0 Å². The molecule has 144 valence electrons. The summed E-state index contributed by atoms with van der Waals surface area (Å²) < 4.78 is 7.48. The van der Waals surface area contributed by atoms with Gasteiger partial charge in [-0.15, -0.1) is 5.10 Å². The molecule has 6 nitrogen and oxygen atoms in total. The van der Waals surface area contributed by atoms with Crippen molar-refractivity contribution in [3.63, 3.8) is 0 Å². The largest absolute Gasteiger partial charge is 0.492 e. The average Bonchev–Trinajstić information content (AvgIpc) is 3.46. The van der Waals surface area contributed by atoms with Crippen molar-refractivity contribution in [3.05, 3.63) is 71.0 Å². The molecule has 0 aliphatic heterocycles. The minimum Gasteiger partial charge on any atom is -0.492 e. The number of aromatic nitrogens is 3. The molecule has 0 radical (unpaired) electrons. The zero-order valence-electron chi connectivity index (χ0n) is 15.6. The summed E-state index contributed by atoms with van der Waals surface area (Å²) in [5, 5.41) is 9.10. The Morgan fingerprint density at radius 3 is 2.71 bits per heavy atom. The summed E-state index contributed by atoms with van der Waals surface area (Å²) in [6, 6.07) is 17.0. The van der Waals surface area contributed by atoms with Gasteiger partial charge in [0.2, 0.25) is 0 Å². The van der Waals surface area contributed by atoms with E-state index in [1.54, 1.807) is 28.8 Å². The average molecular weight is 397 g/mol.